The van der Waals surface area contributed by atoms with Crippen LogP contribution in [-0.2, 0) is 0 Å². The summed E-state index contributed by atoms with van der Waals surface area (Å²) in [5.74, 6) is 1.90. The Balaban J connectivity index is 1.70. The SMILES string of the molecule is COc1ccc(C(=O)NCC(c2ccco2)N2CCCCCC2)cc1OC. The van der Waals surface area contributed by atoms with E-state index in [-0.39, 0.29) is 11.9 Å². The van der Waals surface area contributed by atoms with Crippen LogP contribution in [0.25, 0.3) is 0 Å². The minimum atomic E-state index is -0.137. The van der Waals surface area contributed by atoms with Gasteiger partial charge in [-0.2, -0.15) is 0 Å². The Morgan fingerprint density at radius 1 is 1.11 bits per heavy atom. The number of hydrogen-bond acceptors (Lipinski definition) is 5. The van der Waals surface area contributed by atoms with Gasteiger partial charge in [0.2, 0.25) is 0 Å². The van der Waals surface area contributed by atoms with Gasteiger partial charge in [-0.25, -0.2) is 0 Å². The Kier molecular flexibility index (Phi) is 6.76. The van der Waals surface area contributed by atoms with Crippen LogP contribution in [0, 0.1) is 0 Å². The fourth-order valence-electron chi connectivity index (χ4n) is 3.57. The van der Waals surface area contributed by atoms with Gasteiger partial charge in [0.05, 0.1) is 26.5 Å². The number of carbonyl (C=O) groups is 1. The fourth-order valence-corrected chi connectivity index (χ4v) is 3.57. The molecule has 6 nitrogen and oxygen atoms in total. The molecule has 1 unspecified atom stereocenters. The van der Waals surface area contributed by atoms with Crippen molar-refractivity contribution in [2.75, 3.05) is 33.9 Å². The van der Waals surface area contributed by atoms with Crippen molar-refractivity contribution < 1.29 is 18.7 Å². The predicted octanol–water partition coefficient (Wildman–Crippen LogP) is 3.64. The Bertz CT molecular complexity index is 722. The van der Waals surface area contributed by atoms with E-state index in [4.69, 9.17) is 13.9 Å². The summed E-state index contributed by atoms with van der Waals surface area (Å²) in [6, 6.07) is 9.11. The maximum Gasteiger partial charge on any atom is 0.251 e. The highest BCUT2D eigenvalue weighted by Crippen LogP contribution is 2.28. The molecule has 0 saturated carbocycles. The lowest BCUT2D eigenvalue weighted by atomic mass is 10.1. The molecule has 27 heavy (non-hydrogen) atoms. The van der Waals surface area contributed by atoms with E-state index in [0.29, 0.717) is 23.6 Å². The zero-order valence-corrected chi connectivity index (χ0v) is 16.1. The monoisotopic (exact) mass is 372 g/mol. The first-order valence-corrected chi connectivity index (χ1v) is 9.50. The molecule has 2 heterocycles. The molecule has 0 radical (unpaired) electrons. The Morgan fingerprint density at radius 2 is 1.85 bits per heavy atom. The van der Waals surface area contributed by atoms with E-state index in [2.05, 4.69) is 10.2 Å². The highest BCUT2D eigenvalue weighted by Gasteiger charge is 2.24. The van der Waals surface area contributed by atoms with Gasteiger partial charge in [0, 0.05) is 12.1 Å². The zero-order chi connectivity index (χ0) is 19.1. The molecule has 0 bridgehead atoms. The number of carbonyl (C=O) groups excluding carboxylic acids is 1. The van der Waals surface area contributed by atoms with Gasteiger partial charge in [-0.05, 0) is 56.3 Å². The van der Waals surface area contributed by atoms with Crippen molar-refractivity contribution in [2.24, 2.45) is 0 Å². The molecule has 6 heteroatoms. The molecule has 146 valence electrons. The average Bonchev–Trinajstić information content (AvgIpc) is 3.10. The van der Waals surface area contributed by atoms with Crippen LogP contribution < -0.4 is 14.8 Å². The molecular formula is C21H28N2O4. The molecule has 1 amide bonds. The van der Waals surface area contributed by atoms with Gasteiger partial charge >= 0.3 is 0 Å². The second-order valence-electron chi connectivity index (χ2n) is 6.76. The van der Waals surface area contributed by atoms with Gasteiger partial charge in [0.15, 0.2) is 11.5 Å². The maximum atomic E-state index is 12.7. The molecule has 1 aliphatic rings. The van der Waals surface area contributed by atoms with E-state index < -0.39 is 0 Å². The second-order valence-corrected chi connectivity index (χ2v) is 6.76. The molecule has 0 aliphatic carbocycles. The summed E-state index contributed by atoms with van der Waals surface area (Å²) in [5, 5.41) is 3.06. The average molecular weight is 372 g/mol. The number of nitrogens with zero attached hydrogens (tertiary/aromatic N) is 1. The minimum absolute atomic E-state index is 0.0437. The van der Waals surface area contributed by atoms with Crippen LogP contribution in [0.5, 0.6) is 11.5 Å². The Hall–Kier alpha value is -2.47. The molecule has 1 aliphatic heterocycles. The van der Waals surface area contributed by atoms with Crippen molar-refractivity contribution in [3.63, 3.8) is 0 Å². The normalized spacial score (nSPS) is 16.4. The summed E-state index contributed by atoms with van der Waals surface area (Å²) < 4.78 is 16.2. The van der Waals surface area contributed by atoms with Crippen molar-refractivity contribution in [1.29, 1.82) is 0 Å². The number of benzene rings is 1. The summed E-state index contributed by atoms with van der Waals surface area (Å²) in [4.78, 5) is 15.1. The first-order chi connectivity index (χ1) is 13.2. The quantitative estimate of drug-likeness (QED) is 0.804. The zero-order valence-electron chi connectivity index (χ0n) is 16.1. The second kappa shape index (κ2) is 9.46. The summed E-state index contributed by atoms with van der Waals surface area (Å²) in [5.41, 5.74) is 0.543. The third kappa shape index (κ3) is 4.83. The number of amides is 1. The number of methoxy groups -OCH3 is 2. The third-order valence-corrected chi connectivity index (χ3v) is 5.05. The van der Waals surface area contributed by atoms with E-state index >= 15 is 0 Å². The summed E-state index contributed by atoms with van der Waals surface area (Å²) in [7, 11) is 3.14. The maximum absolute atomic E-state index is 12.7. The number of hydrogen-bond donors (Lipinski definition) is 1. The van der Waals surface area contributed by atoms with Crippen molar-refractivity contribution in [2.45, 2.75) is 31.7 Å². The number of rotatable bonds is 7. The number of likely N-dealkylation sites (tertiary alicyclic amines) is 1. The first kappa shape index (κ1) is 19.3. The summed E-state index contributed by atoms with van der Waals surface area (Å²) >= 11 is 0. The lowest BCUT2D eigenvalue weighted by Gasteiger charge is -2.29. The van der Waals surface area contributed by atoms with Crippen molar-refractivity contribution in [3.8, 4) is 11.5 Å². The lowest BCUT2D eigenvalue weighted by molar-refractivity contribution is 0.0927. The van der Waals surface area contributed by atoms with Gasteiger partial charge in [-0.1, -0.05) is 12.8 Å². The topological polar surface area (TPSA) is 63.9 Å². The fraction of sp³-hybridized carbons (Fsp3) is 0.476. The smallest absolute Gasteiger partial charge is 0.251 e. The molecule has 1 atom stereocenters. The summed E-state index contributed by atoms with van der Waals surface area (Å²) in [6.07, 6.45) is 6.58. The number of ether oxygens (including phenoxy) is 2. The highest BCUT2D eigenvalue weighted by molar-refractivity contribution is 5.94. The predicted molar refractivity (Wildman–Crippen MR) is 103 cm³/mol. The van der Waals surface area contributed by atoms with Gasteiger partial charge in [0.1, 0.15) is 5.76 Å². The van der Waals surface area contributed by atoms with Gasteiger partial charge in [-0.3, -0.25) is 9.69 Å². The molecule has 2 aromatic rings. The first-order valence-electron chi connectivity index (χ1n) is 9.50. The third-order valence-electron chi connectivity index (χ3n) is 5.05. The standard InChI is InChI=1S/C21H28N2O4/c1-25-19-10-9-16(14-20(19)26-2)21(24)22-15-17(18-8-7-13-27-18)23-11-5-3-4-6-12-23/h7-10,13-14,17H,3-6,11-12,15H2,1-2H3,(H,22,24). The highest BCUT2D eigenvalue weighted by atomic mass is 16.5. The Morgan fingerprint density at radius 3 is 2.48 bits per heavy atom. The van der Waals surface area contributed by atoms with E-state index in [9.17, 15) is 4.79 Å². The molecule has 1 N–H and O–H groups in total. The van der Waals surface area contributed by atoms with Crippen molar-refractivity contribution in [3.05, 3.63) is 47.9 Å². The Labute approximate surface area is 160 Å². The number of nitrogens with one attached hydrogen (secondary N) is 1. The largest absolute Gasteiger partial charge is 0.493 e. The van der Waals surface area contributed by atoms with E-state index in [1.807, 2.05) is 12.1 Å². The van der Waals surface area contributed by atoms with E-state index in [1.165, 1.54) is 25.7 Å². The minimum Gasteiger partial charge on any atom is -0.493 e. The van der Waals surface area contributed by atoms with Crippen LogP contribution in [0.4, 0.5) is 0 Å². The lowest BCUT2D eigenvalue weighted by Crippen LogP contribution is -2.38. The van der Waals surface area contributed by atoms with Crippen LogP contribution in [0.1, 0.15) is 47.8 Å². The van der Waals surface area contributed by atoms with Crippen LogP contribution in [0.3, 0.4) is 0 Å². The van der Waals surface area contributed by atoms with Crippen molar-refractivity contribution in [1.82, 2.24) is 10.2 Å². The van der Waals surface area contributed by atoms with Crippen LogP contribution in [-0.4, -0.2) is 44.7 Å². The molecule has 1 saturated heterocycles. The summed E-state index contributed by atoms with van der Waals surface area (Å²) in [6.45, 7) is 2.55. The molecule has 1 fully saturated rings. The molecular weight excluding hydrogens is 344 g/mol. The van der Waals surface area contributed by atoms with Crippen LogP contribution in [0.15, 0.2) is 41.0 Å². The van der Waals surface area contributed by atoms with Crippen molar-refractivity contribution >= 4 is 5.91 Å². The van der Waals surface area contributed by atoms with Gasteiger partial charge < -0.3 is 19.2 Å². The molecule has 1 aromatic carbocycles. The molecule has 1 aromatic heterocycles. The van der Waals surface area contributed by atoms with Gasteiger partial charge in [0.25, 0.3) is 5.91 Å². The van der Waals surface area contributed by atoms with Crippen LogP contribution in [0.2, 0.25) is 0 Å². The molecule has 0 spiro atoms. The number of furan rings is 1. The van der Waals surface area contributed by atoms with E-state index in [1.54, 1.807) is 38.7 Å². The molecule has 3 rings (SSSR count). The van der Waals surface area contributed by atoms with Gasteiger partial charge in [-0.15, -0.1) is 0 Å². The van der Waals surface area contributed by atoms with Crippen LogP contribution >= 0.6 is 0 Å². The van der Waals surface area contributed by atoms with E-state index in [0.717, 1.165) is 18.8 Å².